The molecule has 2 aliphatic rings. The number of carbonyl (C=O) groups is 1. The van der Waals surface area contributed by atoms with Crippen molar-refractivity contribution in [3.05, 3.63) is 35.9 Å². The molecule has 1 amide bonds. The summed E-state index contributed by atoms with van der Waals surface area (Å²) in [6.45, 7) is 3.75. The molecule has 0 N–H and O–H groups in total. The highest BCUT2D eigenvalue weighted by molar-refractivity contribution is 5.79. The zero-order chi connectivity index (χ0) is 15.9. The maximum absolute atomic E-state index is 12.5. The first-order valence-electron chi connectivity index (χ1n) is 8.85. The molecule has 1 aromatic carbocycles. The number of hydrogen-bond donors (Lipinski definition) is 0. The lowest BCUT2D eigenvalue weighted by Crippen LogP contribution is -2.38. The van der Waals surface area contributed by atoms with Crippen LogP contribution in [0.5, 0.6) is 0 Å². The topological polar surface area (TPSA) is 38.8 Å². The van der Waals surface area contributed by atoms with E-state index in [1.807, 2.05) is 11.0 Å². The normalized spacial score (nSPS) is 24.8. The van der Waals surface area contributed by atoms with E-state index in [1.54, 1.807) is 0 Å². The first-order chi connectivity index (χ1) is 11.3. The fraction of sp³-hybridized carbons (Fsp3) is 0.632. The van der Waals surface area contributed by atoms with Crippen molar-refractivity contribution in [1.82, 2.24) is 4.90 Å². The van der Waals surface area contributed by atoms with Crippen LogP contribution in [0.2, 0.25) is 0 Å². The maximum atomic E-state index is 12.5. The molecule has 0 unspecified atom stereocenters. The van der Waals surface area contributed by atoms with Crippen molar-refractivity contribution in [1.29, 1.82) is 0 Å². The van der Waals surface area contributed by atoms with E-state index >= 15 is 0 Å². The fourth-order valence-electron chi connectivity index (χ4n) is 3.43. The Kier molecular flexibility index (Phi) is 6.06. The van der Waals surface area contributed by atoms with Gasteiger partial charge in [0, 0.05) is 26.3 Å². The molecule has 4 heteroatoms. The van der Waals surface area contributed by atoms with E-state index in [2.05, 4.69) is 24.3 Å². The molecule has 1 aromatic rings. The van der Waals surface area contributed by atoms with Crippen LogP contribution < -0.4 is 0 Å². The lowest BCUT2D eigenvalue weighted by molar-refractivity contribution is -0.139. The molecule has 0 aromatic heterocycles. The number of likely N-dealkylation sites (tertiary alicyclic amines) is 1. The van der Waals surface area contributed by atoms with E-state index in [1.165, 1.54) is 5.56 Å². The largest absolute Gasteiger partial charge is 0.381 e. The third kappa shape index (κ3) is 4.79. The van der Waals surface area contributed by atoms with Crippen LogP contribution in [-0.4, -0.2) is 49.8 Å². The molecule has 0 radical (unpaired) electrons. The van der Waals surface area contributed by atoms with E-state index in [9.17, 15) is 4.79 Å². The molecule has 126 valence electrons. The van der Waals surface area contributed by atoms with Crippen LogP contribution in [0.1, 0.15) is 31.2 Å². The molecule has 0 bridgehead atoms. The average molecular weight is 317 g/mol. The van der Waals surface area contributed by atoms with Crippen molar-refractivity contribution >= 4 is 5.91 Å². The molecule has 2 atom stereocenters. The van der Waals surface area contributed by atoms with Gasteiger partial charge in [-0.25, -0.2) is 0 Å². The SMILES string of the molecule is O=C([C@@H]1CCCOC1)N1CC[C@H](OCCCc2ccccc2)C1. The van der Waals surface area contributed by atoms with Crippen LogP contribution in [0.3, 0.4) is 0 Å². The first-order valence-corrected chi connectivity index (χ1v) is 8.85. The molecule has 2 heterocycles. The van der Waals surface area contributed by atoms with Gasteiger partial charge in [-0.05, 0) is 37.7 Å². The molecule has 2 saturated heterocycles. The summed E-state index contributed by atoms with van der Waals surface area (Å²) in [6.07, 6.45) is 5.23. The molecular weight excluding hydrogens is 290 g/mol. The zero-order valence-electron chi connectivity index (χ0n) is 13.8. The molecule has 0 saturated carbocycles. The number of aryl methyl sites for hydroxylation is 1. The number of amides is 1. The Morgan fingerprint density at radius 1 is 1.26 bits per heavy atom. The van der Waals surface area contributed by atoms with Gasteiger partial charge in [0.15, 0.2) is 0 Å². The number of ether oxygens (including phenoxy) is 2. The van der Waals surface area contributed by atoms with Crippen molar-refractivity contribution < 1.29 is 14.3 Å². The molecule has 3 rings (SSSR count). The molecular formula is C19H27NO3. The van der Waals surface area contributed by atoms with Gasteiger partial charge in [-0.3, -0.25) is 4.79 Å². The smallest absolute Gasteiger partial charge is 0.228 e. The van der Waals surface area contributed by atoms with Crippen molar-refractivity contribution in [2.45, 2.75) is 38.2 Å². The van der Waals surface area contributed by atoms with Crippen LogP contribution in [0.25, 0.3) is 0 Å². The second kappa shape index (κ2) is 8.46. The van der Waals surface area contributed by atoms with Gasteiger partial charge in [0.2, 0.25) is 5.91 Å². The maximum Gasteiger partial charge on any atom is 0.228 e. The molecule has 23 heavy (non-hydrogen) atoms. The van der Waals surface area contributed by atoms with Gasteiger partial charge in [-0.15, -0.1) is 0 Å². The number of carbonyl (C=O) groups excluding carboxylic acids is 1. The summed E-state index contributed by atoms with van der Waals surface area (Å²) in [6, 6.07) is 10.5. The lowest BCUT2D eigenvalue weighted by Gasteiger charge is -2.26. The van der Waals surface area contributed by atoms with E-state index in [0.717, 1.165) is 58.4 Å². The number of hydrogen-bond acceptors (Lipinski definition) is 3. The number of nitrogens with zero attached hydrogens (tertiary/aromatic N) is 1. The van der Waals surface area contributed by atoms with Gasteiger partial charge in [-0.2, -0.15) is 0 Å². The summed E-state index contributed by atoms with van der Waals surface area (Å²) >= 11 is 0. The van der Waals surface area contributed by atoms with Crippen LogP contribution in [-0.2, 0) is 20.7 Å². The fourth-order valence-corrected chi connectivity index (χ4v) is 3.43. The molecule has 4 nitrogen and oxygen atoms in total. The summed E-state index contributed by atoms with van der Waals surface area (Å²) in [5.41, 5.74) is 1.36. The lowest BCUT2D eigenvalue weighted by atomic mass is 10.0. The minimum Gasteiger partial charge on any atom is -0.381 e. The van der Waals surface area contributed by atoms with Crippen LogP contribution in [0.4, 0.5) is 0 Å². The average Bonchev–Trinajstić information content (AvgIpc) is 3.09. The molecule has 2 aliphatic heterocycles. The minimum absolute atomic E-state index is 0.0700. The quantitative estimate of drug-likeness (QED) is 0.757. The Hall–Kier alpha value is -1.39. The Morgan fingerprint density at radius 2 is 2.13 bits per heavy atom. The molecule has 0 aliphatic carbocycles. The Labute approximate surface area is 138 Å². The van der Waals surface area contributed by atoms with Crippen LogP contribution >= 0.6 is 0 Å². The van der Waals surface area contributed by atoms with Gasteiger partial charge >= 0.3 is 0 Å². The van der Waals surface area contributed by atoms with E-state index < -0.39 is 0 Å². The van der Waals surface area contributed by atoms with E-state index in [0.29, 0.717) is 6.61 Å². The van der Waals surface area contributed by atoms with E-state index in [4.69, 9.17) is 9.47 Å². The van der Waals surface area contributed by atoms with E-state index in [-0.39, 0.29) is 17.9 Å². The summed E-state index contributed by atoms with van der Waals surface area (Å²) in [4.78, 5) is 14.4. The van der Waals surface area contributed by atoms with Gasteiger partial charge in [0.05, 0.1) is 18.6 Å². The van der Waals surface area contributed by atoms with Gasteiger partial charge < -0.3 is 14.4 Å². The predicted octanol–water partition coefficient (Wildman–Crippen LogP) is 2.66. The Balaban J connectivity index is 1.34. The van der Waals surface area contributed by atoms with Gasteiger partial charge in [0.1, 0.15) is 0 Å². The highest BCUT2D eigenvalue weighted by Gasteiger charge is 2.32. The summed E-state index contributed by atoms with van der Waals surface area (Å²) in [5, 5.41) is 0. The van der Waals surface area contributed by atoms with Gasteiger partial charge in [0.25, 0.3) is 0 Å². The number of rotatable bonds is 6. The predicted molar refractivity (Wildman–Crippen MR) is 89.2 cm³/mol. The molecule has 2 fully saturated rings. The summed E-state index contributed by atoms with van der Waals surface area (Å²) < 4.78 is 11.4. The van der Waals surface area contributed by atoms with Crippen LogP contribution in [0.15, 0.2) is 30.3 Å². The highest BCUT2D eigenvalue weighted by Crippen LogP contribution is 2.21. The summed E-state index contributed by atoms with van der Waals surface area (Å²) in [5.74, 6) is 0.334. The second-order valence-corrected chi connectivity index (χ2v) is 6.57. The second-order valence-electron chi connectivity index (χ2n) is 6.57. The molecule has 0 spiro atoms. The third-order valence-corrected chi connectivity index (χ3v) is 4.77. The minimum atomic E-state index is 0.0700. The third-order valence-electron chi connectivity index (χ3n) is 4.77. The van der Waals surface area contributed by atoms with Crippen molar-refractivity contribution in [3.8, 4) is 0 Å². The van der Waals surface area contributed by atoms with Crippen molar-refractivity contribution in [2.75, 3.05) is 32.9 Å². The number of benzene rings is 1. The highest BCUT2D eigenvalue weighted by atomic mass is 16.5. The summed E-state index contributed by atoms with van der Waals surface area (Å²) in [7, 11) is 0. The van der Waals surface area contributed by atoms with Crippen LogP contribution in [0, 0.1) is 5.92 Å². The van der Waals surface area contributed by atoms with Gasteiger partial charge in [-0.1, -0.05) is 30.3 Å². The van der Waals surface area contributed by atoms with Crippen molar-refractivity contribution in [2.24, 2.45) is 5.92 Å². The standard InChI is InChI=1S/C19H27NO3/c21-19(17-9-5-12-22-15-17)20-11-10-18(14-20)23-13-4-8-16-6-2-1-3-7-16/h1-3,6-7,17-18H,4-5,8-15H2/t17-,18+/m1/s1. The Morgan fingerprint density at radius 3 is 2.91 bits per heavy atom. The Bertz CT molecular complexity index is 485. The first kappa shape index (κ1) is 16.5. The monoisotopic (exact) mass is 317 g/mol. The zero-order valence-corrected chi connectivity index (χ0v) is 13.8. The van der Waals surface area contributed by atoms with Crippen molar-refractivity contribution in [3.63, 3.8) is 0 Å².